The molecule has 1 N–H and O–H groups in total. The quantitative estimate of drug-likeness (QED) is 0.573. The standard InChI is InChI=1S/C24H34N6OS/c1-16-17(2)29(19-10-6-4-7-11-19)23(21(16)14-25)26-22(31)15-32-24-28-27-18(3)30(24)20-12-8-5-9-13-20/h19-20H,4-13,15H2,1-3H3,(H,26,31). The van der Waals surface area contributed by atoms with E-state index in [1.807, 2.05) is 13.8 Å². The molecule has 0 aliphatic heterocycles. The lowest BCUT2D eigenvalue weighted by atomic mass is 9.95. The highest BCUT2D eigenvalue weighted by Gasteiger charge is 2.26. The highest BCUT2D eigenvalue weighted by Crippen LogP contribution is 2.37. The zero-order valence-electron chi connectivity index (χ0n) is 19.5. The summed E-state index contributed by atoms with van der Waals surface area (Å²) in [6.07, 6.45) is 11.9. The van der Waals surface area contributed by atoms with Gasteiger partial charge < -0.3 is 14.5 Å². The molecule has 1 amide bonds. The summed E-state index contributed by atoms with van der Waals surface area (Å²) in [5.74, 6) is 1.75. The molecule has 7 nitrogen and oxygen atoms in total. The van der Waals surface area contributed by atoms with Gasteiger partial charge in [0.25, 0.3) is 0 Å². The van der Waals surface area contributed by atoms with E-state index in [0.717, 1.165) is 47.9 Å². The summed E-state index contributed by atoms with van der Waals surface area (Å²) in [4.78, 5) is 13.0. The van der Waals surface area contributed by atoms with Gasteiger partial charge in [0.15, 0.2) is 5.16 Å². The van der Waals surface area contributed by atoms with E-state index in [4.69, 9.17) is 0 Å². The lowest BCUT2D eigenvalue weighted by molar-refractivity contribution is -0.113. The van der Waals surface area contributed by atoms with Gasteiger partial charge in [-0.2, -0.15) is 5.26 Å². The zero-order valence-corrected chi connectivity index (χ0v) is 20.3. The number of anilines is 1. The third kappa shape index (κ3) is 4.59. The number of nitrogens with zero attached hydrogens (tertiary/aromatic N) is 5. The molecule has 0 radical (unpaired) electrons. The maximum atomic E-state index is 13.0. The Morgan fingerprint density at radius 3 is 2.19 bits per heavy atom. The van der Waals surface area contributed by atoms with Crippen LogP contribution in [-0.4, -0.2) is 31.0 Å². The largest absolute Gasteiger partial charge is 0.327 e. The van der Waals surface area contributed by atoms with Gasteiger partial charge in [0.1, 0.15) is 17.7 Å². The molecule has 8 heteroatoms. The molecule has 2 heterocycles. The first-order chi connectivity index (χ1) is 15.5. The van der Waals surface area contributed by atoms with E-state index >= 15 is 0 Å². The topological polar surface area (TPSA) is 88.5 Å². The highest BCUT2D eigenvalue weighted by atomic mass is 32.2. The molecule has 2 aliphatic carbocycles. The lowest BCUT2D eigenvalue weighted by Crippen LogP contribution is -2.22. The van der Waals surface area contributed by atoms with Gasteiger partial charge in [0.05, 0.1) is 11.3 Å². The maximum absolute atomic E-state index is 13.0. The van der Waals surface area contributed by atoms with Crippen molar-refractivity contribution in [2.24, 2.45) is 0 Å². The summed E-state index contributed by atoms with van der Waals surface area (Å²) in [7, 11) is 0. The SMILES string of the molecule is Cc1c(C#N)c(NC(=O)CSc2nnc(C)n2C2CCCCC2)n(C2CCCCC2)c1C. The van der Waals surface area contributed by atoms with Crippen LogP contribution in [0.5, 0.6) is 0 Å². The fourth-order valence-corrected chi connectivity index (χ4v) is 6.24. The molecule has 0 bridgehead atoms. The van der Waals surface area contributed by atoms with Gasteiger partial charge >= 0.3 is 0 Å². The molecular weight excluding hydrogens is 420 g/mol. The molecular formula is C24H34N6OS. The van der Waals surface area contributed by atoms with E-state index in [1.165, 1.54) is 50.3 Å². The van der Waals surface area contributed by atoms with E-state index < -0.39 is 0 Å². The molecule has 4 rings (SSSR count). The minimum Gasteiger partial charge on any atom is -0.327 e. The van der Waals surface area contributed by atoms with Crippen molar-refractivity contribution in [3.05, 3.63) is 22.6 Å². The van der Waals surface area contributed by atoms with Crippen molar-refractivity contribution < 1.29 is 4.79 Å². The Morgan fingerprint density at radius 1 is 1.00 bits per heavy atom. The number of nitrogens with one attached hydrogen (secondary N) is 1. The Balaban J connectivity index is 1.50. The van der Waals surface area contributed by atoms with Crippen LogP contribution in [0.3, 0.4) is 0 Å². The average molecular weight is 455 g/mol. The predicted octanol–water partition coefficient (Wildman–Crippen LogP) is 5.62. The minimum absolute atomic E-state index is 0.100. The normalized spacial score (nSPS) is 17.9. The molecule has 0 atom stereocenters. The fourth-order valence-electron chi connectivity index (χ4n) is 5.39. The Hall–Kier alpha value is -2.27. The molecule has 172 valence electrons. The number of amides is 1. The number of carbonyl (C=O) groups is 1. The molecule has 0 spiro atoms. The van der Waals surface area contributed by atoms with Gasteiger partial charge in [-0.15, -0.1) is 10.2 Å². The molecule has 2 fully saturated rings. The summed E-state index contributed by atoms with van der Waals surface area (Å²) < 4.78 is 4.43. The molecule has 32 heavy (non-hydrogen) atoms. The first kappa shape index (κ1) is 22.9. The van der Waals surface area contributed by atoms with Gasteiger partial charge in [0, 0.05) is 17.8 Å². The van der Waals surface area contributed by atoms with E-state index in [2.05, 4.69) is 37.6 Å². The van der Waals surface area contributed by atoms with Crippen LogP contribution < -0.4 is 5.32 Å². The van der Waals surface area contributed by atoms with Crippen LogP contribution in [0.2, 0.25) is 0 Å². The van der Waals surface area contributed by atoms with E-state index in [9.17, 15) is 10.1 Å². The third-order valence-electron chi connectivity index (χ3n) is 7.17. The third-order valence-corrected chi connectivity index (χ3v) is 8.12. The summed E-state index contributed by atoms with van der Waals surface area (Å²) in [5.41, 5.74) is 2.64. The van der Waals surface area contributed by atoms with Gasteiger partial charge in [-0.1, -0.05) is 50.3 Å². The van der Waals surface area contributed by atoms with Crippen molar-refractivity contribution >= 4 is 23.5 Å². The van der Waals surface area contributed by atoms with Gasteiger partial charge in [-0.05, 0) is 52.0 Å². The fraction of sp³-hybridized carbons (Fsp3) is 0.667. The summed E-state index contributed by atoms with van der Waals surface area (Å²) in [6.45, 7) is 6.03. The smallest absolute Gasteiger partial charge is 0.235 e. The van der Waals surface area contributed by atoms with Crippen molar-refractivity contribution in [2.45, 2.75) is 102 Å². The monoisotopic (exact) mass is 454 g/mol. The molecule has 0 unspecified atom stereocenters. The number of hydrogen-bond donors (Lipinski definition) is 1. The second kappa shape index (κ2) is 10.1. The minimum atomic E-state index is -0.100. The van der Waals surface area contributed by atoms with E-state index in [0.29, 0.717) is 23.5 Å². The average Bonchev–Trinajstić information content (AvgIpc) is 3.29. The Bertz CT molecular complexity index is 1000. The van der Waals surface area contributed by atoms with E-state index in [-0.39, 0.29) is 11.7 Å². The Labute approximate surface area is 195 Å². The van der Waals surface area contributed by atoms with Crippen LogP contribution in [0.4, 0.5) is 5.82 Å². The maximum Gasteiger partial charge on any atom is 0.235 e. The highest BCUT2D eigenvalue weighted by molar-refractivity contribution is 7.99. The van der Waals surface area contributed by atoms with Crippen molar-refractivity contribution in [1.82, 2.24) is 19.3 Å². The van der Waals surface area contributed by atoms with Crippen LogP contribution in [0, 0.1) is 32.1 Å². The number of hydrogen-bond acceptors (Lipinski definition) is 5. The molecule has 2 aromatic heterocycles. The van der Waals surface area contributed by atoms with Crippen molar-refractivity contribution in [3.8, 4) is 6.07 Å². The number of thioether (sulfide) groups is 1. The van der Waals surface area contributed by atoms with Gasteiger partial charge in [0.2, 0.25) is 5.91 Å². The second-order valence-electron chi connectivity index (χ2n) is 9.24. The summed E-state index contributed by atoms with van der Waals surface area (Å²) in [5, 5.41) is 22.3. The number of nitriles is 1. The van der Waals surface area contributed by atoms with Crippen LogP contribution in [0.25, 0.3) is 0 Å². The van der Waals surface area contributed by atoms with Crippen molar-refractivity contribution in [2.75, 3.05) is 11.1 Å². The molecule has 2 aliphatic rings. The molecule has 0 aromatic carbocycles. The number of aryl methyl sites for hydroxylation is 1. The number of carbonyl (C=O) groups excluding carboxylic acids is 1. The Morgan fingerprint density at radius 2 is 1.59 bits per heavy atom. The van der Waals surface area contributed by atoms with Crippen LogP contribution in [0.15, 0.2) is 5.16 Å². The summed E-state index contributed by atoms with van der Waals surface area (Å²) in [6, 6.07) is 3.12. The Kier molecular flexibility index (Phi) is 7.24. The molecule has 0 saturated heterocycles. The lowest BCUT2D eigenvalue weighted by Gasteiger charge is -2.27. The first-order valence-electron chi connectivity index (χ1n) is 12.0. The zero-order chi connectivity index (χ0) is 22.7. The van der Waals surface area contributed by atoms with Crippen molar-refractivity contribution in [1.29, 1.82) is 5.26 Å². The first-order valence-corrected chi connectivity index (χ1v) is 13.0. The van der Waals surface area contributed by atoms with Crippen molar-refractivity contribution in [3.63, 3.8) is 0 Å². The summed E-state index contributed by atoms with van der Waals surface area (Å²) >= 11 is 1.44. The van der Waals surface area contributed by atoms with Crippen LogP contribution in [0.1, 0.15) is 98.9 Å². The molecule has 2 saturated carbocycles. The number of rotatable bonds is 6. The number of aromatic nitrogens is 4. The van der Waals surface area contributed by atoms with Gasteiger partial charge in [-0.3, -0.25) is 4.79 Å². The second-order valence-corrected chi connectivity index (χ2v) is 10.2. The van der Waals surface area contributed by atoms with Crippen LogP contribution in [-0.2, 0) is 4.79 Å². The molecule has 2 aromatic rings. The van der Waals surface area contributed by atoms with E-state index in [1.54, 1.807) is 0 Å². The van der Waals surface area contributed by atoms with Crippen LogP contribution >= 0.6 is 11.8 Å². The predicted molar refractivity (Wildman–Crippen MR) is 127 cm³/mol. The van der Waals surface area contributed by atoms with Gasteiger partial charge in [-0.25, -0.2) is 0 Å².